The lowest BCUT2D eigenvalue weighted by Gasteiger charge is -2.35. The van der Waals surface area contributed by atoms with Gasteiger partial charge in [0.25, 0.3) is 0 Å². The van der Waals surface area contributed by atoms with Gasteiger partial charge in [0, 0.05) is 30.1 Å². The number of likely N-dealkylation sites (tertiary alicyclic amines) is 1. The molecule has 0 bridgehead atoms. The van der Waals surface area contributed by atoms with Gasteiger partial charge in [-0.1, -0.05) is 44.5 Å². The summed E-state index contributed by atoms with van der Waals surface area (Å²) in [5.74, 6) is 0.563. The molecule has 0 spiro atoms. The van der Waals surface area contributed by atoms with E-state index in [1.54, 1.807) is 11.3 Å². The van der Waals surface area contributed by atoms with Gasteiger partial charge in [0.15, 0.2) is 0 Å². The highest BCUT2D eigenvalue weighted by molar-refractivity contribution is 7.13. The van der Waals surface area contributed by atoms with E-state index in [9.17, 15) is 5.11 Å². The van der Waals surface area contributed by atoms with E-state index in [0.717, 1.165) is 30.2 Å². The van der Waals surface area contributed by atoms with Crippen LogP contribution in [0.25, 0.3) is 10.6 Å². The van der Waals surface area contributed by atoms with E-state index in [-0.39, 0.29) is 6.61 Å². The minimum absolute atomic E-state index is 0.283. The Hall–Kier alpha value is -1.23. The molecule has 1 atom stereocenters. The molecule has 3 nitrogen and oxygen atoms in total. The number of rotatable bonds is 6. The largest absolute Gasteiger partial charge is 0.396 e. The Kier molecular flexibility index (Phi) is 6.04. The van der Waals surface area contributed by atoms with Crippen LogP contribution < -0.4 is 0 Å². The molecule has 0 saturated carbocycles. The summed E-state index contributed by atoms with van der Waals surface area (Å²) < 4.78 is 0. The van der Waals surface area contributed by atoms with Gasteiger partial charge in [-0.3, -0.25) is 4.90 Å². The average Bonchev–Trinajstić information content (AvgIpc) is 3.05. The predicted octanol–water partition coefficient (Wildman–Crippen LogP) is 4.67. The van der Waals surface area contributed by atoms with Crippen LogP contribution in [0.5, 0.6) is 0 Å². The van der Waals surface area contributed by atoms with Crippen molar-refractivity contribution in [1.82, 2.24) is 9.88 Å². The van der Waals surface area contributed by atoms with Crippen LogP contribution in [0.4, 0.5) is 0 Å². The summed E-state index contributed by atoms with van der Waals surface area (Å²) in [7, 11) is 0. The molecule has 1 aliphatic rings. The highest BCUT2D eigenvalue weighted by atomic mass is 32.1. The average molecular weight is 345 g/mol. The Morgan fingerprint density at radius 1 is 1.25 bits per heavy atom. The maximum absolute atomic E-state index is 9.28. The minimum atomic E-state index is 0.283. The first kappa shape index (κ1) is 17.6. The number of aliphatic hydroxyl groups is 1. The van der Waals surface area contributed by atoms with Crippen molar-refractivity contribution in [3.05, 3.63) is 40.9 Å². The summed E-state index contributed by atoms with van der Waals surface area (Å²) in [5, 5.41) is 12.6. The Labute approximate surface area is 149 Å². The standard InChI is InChI=1S/C20H28N2OS/c1-15(2)16-6-8-17(9-7-16)20-21-18(14-24-20)13-22-11-4-3-5-19(22)10-12-23/h6-9,14-15,19,23H,3-5,10-13H2,1-2H3. The fourth-order valence-electron chi connectivity index (χ4n) is 3.47. The van der Waals surface area contributed by atoms with Gasteiger partial charge in [-0.05, 0) is 37.3 Å². The Balaban J connectivity index is 1.68. The number of aliphatic hydroxyl groups excluding tert-OH is 1. The van der Waals surface area contributed by atoms with Crippen molar-refractivity contribution < 1.29 is 5.11 Å². The topological polar surface area (TPSA) is 36.4 Å². The highest BCUT2D eigenvalue weighted by Crippen LogP contribution is 2.28. The van der Waals surface area contributed by atoms with Crippen molar-refractivity contribution in [1.29, 1.82) is 0 Å². The van der Waals surface area contributed by atoms with E-state index in [0.29, 0.717) is 12.0 Å². The molecule has 1 fully saturated rings. The van der Waals surface area contributed by atoms with Crippen LogP contribution in [0.2, 0.25) is 0 Å². The lowest BCUT2D eigenvalue weighted by atomic mass is 9.99. The zero-order valence-corrected chi connectivity index (χ0v) is 15.6. The summed E-state index contributed by atoms with van der Waals surface area (Å²) in [5.41, 5.74) is 3.74. The number of piperidine rings is 1. The van der Waals surface area contributed by atoms with E-state index in [1.807, 2.05) is 0 Å². The number of aromatic nitrogens is 1. The number of hydrogen-bond acceptors (Lipinski definition) is 4. The molecule has 1 saturated heterocycles. The number of benzene rings is 1. The summed E-state index contributed by atoms with van der Waals surface area (Å²) >= 11 is 1.73. The lowest BCUT2D eigenvalue weighted by molar-refractivity contribution is 0.111. The molecular weight excluding hydrogens is 316 g/mol. The van der Waals surface area contributed by atoms with Crippen LogP contribution in [0.15, 0.2) is 29.6 Å². The molecule has 24 heavy (non-hydrogen) atoms. The van der Waals surface area contributed by atoms with Crippen LogP contribution >= 0.6 is 11.3 Å². The number of thiazole rings is 1. The first-order valence-corrected chi connectivity index (χ1v) is 9.95. The molecule has 0 radical (unpaired) electrons. The molecule has 3 rings (SSSR count). The van der Waals surface area contributed by atoms with Crippen LogP contribution in [0.3, 0.4) is 0 Å². The second-order valence-corrected chi connectivity index (χ2v) is 7.91. The van der Waals surface area contributed by atoms with E-state index in [2.05, 4.69) is 48.4 Å². The first-order chi connectivity index (χ1) is 11.7. The highest BCUT2D eigenvalue weighted by Gasteiger charge is 2.22. The molecule has 130 valence electrons. The fourth-order valence-corrected chi connectivity index (χ4v) is 4.29. The van der Waals surface area contributed by atoms with Gasteiger partial charge in [0.05, 0.1) is 5.69 Å². The van der Waals surface area contributed by atoms with Gasteiger partial charge < -0.3 is 5.11 Å². The molecule has 1 unspecified atom stereocenters. The van der Waals surface area contributed by atoms with Crippen LogP contribution in [-0.2, 0) is 6.54 Å². The maximum atomic E-state index is 9.28. The Morgan fingerprint density at radius 2 is 2.04 bits per heavy atom. The van der Waals surface area contributed by atoms with Gasteiger partial charge in [-0.15, -0.1) is 11.3 Å². The molecule has 1 N–H and O–H groups in total. The second-order valence-electron chi connectivity index (χ2n) is 7.05. The molecular formula is C20H28N2OS. The molecule has 1 aliphatic heterocycles. The van der Waals surface area contributed by atoms with E-state index < -0.39 is 0 Å². The number of nitrogens with zero attached hydrogens (tertiary/aromatic N) is 2. The lowest BCUT2D eigenvalue weighted by Crippen LogP contribution is -2.39. The number of hydrogen-bond donors (Lipinski definition) is 1. The first-order valence-electron chi connectivity index (χ1n) is 9.07. The van der Waals surface area contributed by atoms with Crippen molar-refractivity contribution in [2.24, 2.45) is 0 Å². The van der Waals surface area contributed by atoms with Gasteiger partial charge >= 0.3 is 0 Å². The van der Waals surface area contributed by atoms with Crippen LogP contribution in [0, 0.1) is 0 Å². The third kappa shape index (κ3) is 4.24. The quantitative estimate of drug-likeness (QED) is 0.827. The van der Waals surface area contributed by atoms with E-state index in [1.165, 1.54) is 30.4 Å². The van der Waals surface area contributed by atoms with Crippen LogP contribution in [0.1, 0.15) is 56.7 Å². The summed E-state index contributed by atoms with van der Waals surface area (Å²) in [6, 6.07) is 9.31. The third-order valence-electron chi connectivity index (χ3n) is 4.95. The summed E-state index contributed by atoms with van der Waals surface area (Å²) in [6.07, 6.45) is 4.63. The van der Waals surface area contributed by atoms with Crippen molar-refractivity contribution in [2.75, 3.05) is 13.2 Å². The summed E-state index contributed by atoms with van der Waals surface area (Å²) in [6.45, 7) is 6.76. The van der Waals surface area contributed by atoms with Crippen molar-refractivity contribution >= 4 is 11.3 Å². The maximum Gasteiger partial charge on any atom is 0.123 e. The van der Waals surface area contributed by atoms with Gasteiger partial charge in [0.2, 0.25) is 0 Å². The van der Waals surface area contributed by atoms with E-state index in [4.69, 9.17) is 4.98 Å². The molecule has 1 aromatic carbocycles. The van der Waals surface area contributed by atoms with Crippen molar-refractivity contribution in [3.8, 4) is 10.6 Å². The molecule has 0 aliphatic carbocycles. The summed E-state index contributed by atoms with van der Waals surface area (Å²) in [4.78, 5) is 7.36. The van der Waals surface area contributed by atoms with Crippen molar-refractivity contribution in [3.63, 3.8) is 0 Å². The molecule has 2 heterocycles. The molecule has 0 amide bonds. The predicted molar refractivity (Wildman–Crippen MR) is 101 cm³/mol. The smallest absolute Gasteiger partial charge is 0.123 e. The zero-order chi connectivity index (χ0) is 16.9. The molecule has 2 aromatic rings. The van der Waals surface area contributed by atoms with Gasteiger partial charge in [-0.2, -0.15) is 0 Å². The Morgan fingerprint density at radius 3 is 2.75 bits per heavy atom. The van der Waals surface area contributed by atoms with Crippen LogP contribution in [-0.4, -0.2) is 34.2 Å². The molecule has 1 aromatic heterocycles. The fraction of sp³-hybridized carbons (Fsp3) is 0.550. The SMILES string of the molecule is CC(C)c1ccc(-c2nc(CN3CCCCC3CCO)cs2)cc1. The second kappa shape index (κ2) is 8.24. The van der Waals surface area contributed by atoms with Gasteiger partial charge in [-0.25, -0.2) is 4.98 Å². The third-order valence-corrected chi connectivity index (χ3v) is 5.89. The zero-order valence-electron chi connectivity index (χ0n) is 14.7. The minimum Gasteiger partial charge on any atom is -0.396 e. The van der Waals surface area contributed by atoms with Crippen molar-refractivity contribution in [2.45, 2.75) is 58.0 Å². The van der Waals surface area contributed by atoms with E-state index >= 15 is 0 Å². The Bertz CT molecular complexity index is 633. The normalized spacial score (nSPS) is 19.1. The van der Waals surface area contributed by atoms with Gasteiger partial charge in [0.1, 0.15) is 5.01 Å². The monoisotopic (exact) mass is 344 g/mol. The molecule has 4 heteroatoms.